The van der Waals surface area contributed by atoms with E-state index in [2.05, 4.69) is 10.3 Å². The number of hydrogen-bond donors (Lipinski definition) is 1. The second kappa shape index (κ2) is 6.77. The summed E-state index contributed by atoms with van der Waals surface area (Å²) in [4.78, 5) is 28.2. The molecular formula is C18H21N3O2. The van der Waals surface area contributed by atoms with E-state index in [4.69, 9.17) is 0 Å². The molecule has 0 radical (unpaired) electrons. The Morgan fingerprint density at radius 2 is 2.04 bits per heavy atom. The molecule has 0 saturated heterocycles. The van der Waals surface area contributed by atoms with Crippen LogP contribution >= 0.6 is 0 Å². The van der Waals surface area contributed by atoms with E-state index in [9.17, 15) is 9.59 Å². The van der Waals surface area contributed by atoms with E-state index < -0.39 is 0 Å². The molecule has 0 bridgehead atoms. The highest BCUT2D eigenvalue weighted by molar-refractivity contribution is 5.78. The minimum Gasteiger partial charge on any atom is -0.354 e. The molecule has 1 saturated carbocycles. The number of aromatic nitrogens is 2. The van der Waals surface area contributed by atoms with Gasteiger partial charge in [-0.15, -0.1) is 0 Å². The van der Waals surface area contributed by atoms with Crippen LogP contribution in [0, 0.1) is 6.92 Å². The third kappa shape index (κ3) is 4.28. The van der Waals surface area contributed by atoms with Crippen molar-refractivity contribution in [3.8, 4) is 0 Å². The van der Waals surface area contributed by atoms with Crippen molar-refractivity contribution in [2.45, 2.75) is 38.6 Å². The summed E-state index contributed by atoms with van der Waals surface area (Å²) in [6.07, 6.45) is 4.20. The maximum Gasteiger partial charge on any atom is 0.253 e. The number of nitrogens with one attached hydrogen (secondary N) is 1. The largest absolute Gasteiger partial charge is 0.354 e. The van der Waals surface area contributed by atoms with Crippen LogP contribution in [0.3, 0.4) is 0 Å². The van der Waals surface area contributed by atoms with Gasteiger partial charge in [0.25, 0.3) is 5.56 Å². The van der Waals surface area contributed by atoms with Gasteiger partial charge in [-0.2, -0.15) is 0 Å². The predicted octanol–water partition coefficient (Wildman–Crippen LogP) is 1.79. The SMILES string of the molecule is Cc1ccc(CC(=O)NCCn2cnc(C3CC3)cc2=O)cc1. The Kier molecular flexibility index (Phi) is 4.55. The summed E-state index contributed by atoms with van der Waals surface area (Å²) in [5, 5.41) is 2.84. The fraction of sp³-hybridized carbons (Fsp3) is 0.389. The fourth-order valence-electron chi connectivity index (χ4n) is 2.48. The smallest absolute Gasteiger partial charge is 0.253 e. The third-order valence-electron chi connectivity index (χ3n) is 4.06. The van der Waals surface area contributed by atoms with Crippen molar-refractivity contribution in [3.63, 3.8) is 0 Å². The molecule has 5 heteroatoms. The Balaban J connectivity index is 1.48. The van der Waals surface area contributed by atoms with Crippen molar-refractivity contribution in [3.05, 3.63) is 63.8 Å². The Labute approximate surface area is 135 Å². The van der Waals surface area contributed by atoms with E-state index in [-0.39, 0.29) is 11.5 Å². The van der Waals surface area contributed by atoms with Gasteiger partial charge in [0.1, 0.15) is 0 Å². The lowest BCUT2D eigenvalue weighted by atomic mass is 10.1. The molecular weight excluding hydrogens is 290 g/mol. The topological polar surface area (TPSA) is 64.0 Å². The molecule has 5 nitrogen and oxygen atoms in total. The van der Waals surface area contributed by atoms with Gasteiger partial charge in [-0.3, -0.25) is 14.2 Å². The molecule has 1 aliphatic carbocycles. The number of amides is 1. The van der Waals surface area contributed by atoms with Gasteiger partial charge in [0.2, 0.25) is 5.91 Å². The normalized spacial score (nSPS) is 13.8. The van der Waals surface area contributed by atoms with E-state index in [0.717, 1.165) is 24.1 Å². The Hall–Kier alpha value is -2.43. The van der Waals surface area contributed by atoms with Gasteiger partial charge in [-0.1, -0.05) is 29.8 Å². The molecule has 1 aromatic heterocycles. The Morgan fingerprint density at radius 1 is 1.30 bits per heavy atom. The lowest BCUT2D eigenvalue weighted by Gasteiger charge is -2.08. The number of benzene rings is 1. The maximum atomic E-state index is 12.0. The minimum atomic E-state index is -0.0466. The summed E-state index contributed by atoms with van der Waals surface area (Å²) < 4.78 is 1.54. The zero-order valence-corrected chi connectivity index (χ0v) is 13.3. The van der Waals surface area contributed by atoms with Crippen LogP contribution in [0.1, 0.15) is 35.6 Å². The number of carbonyl (C=O) groups is 1. The second-order valence-corrected chi connectivity index (χ2v) is 6.13. The lowest BCUT2D eigenvalue weighted by Crippen LogP contribution is -2.31. The quantitative estimate of drug-likeness (QED) is 0.884. The van der Waals surface area contributed by atoms with Crippen molar-refractivity contribution in [2.24, 2.45) is 0 Å². The van der Waals surface area contributed by atoms with Gasteiger partial charge in [-0.05, 0) is 25.3 Å². The van der Waals surface area contributed by atoms with Crippen LogP contribution in [0.5, 0.6) is 0 Å². The van der Waals surface area contributed by atoms with Crippen LogP contribution in [-0.2, 0) is 17.8 Å². The molecule has 1 N–H and O–H groups in total. The van der Waals surface area contributed by atoms with Crippen LogP contribution in [0.2, 0.25) is 0 Å². The molecule has 1 amide bonds. The van der Waals surface area contributed by atoms with Crippen molar-refractivity contribution < 1.29 is 4.79 Å². The number of carbonyl (C=O) groups excluding carboxylic acids is 1. The maximum absolute atomic E-state index is 12.0. The van der Waals surface area contributed by atoms with Crippen molar-refractivity contribution in [1.29, 1.82) is 0 Å². The van der Waals surface area contributed by atoms with E-state index in [1.807, 2.05) is 31.2 Å². The molecule has 1 fully saturated rings. The molecule has 1 aromatic carbocycles. The van der Waals surface area contributed by atoms with Gasteiger partial charge in [0, 0.05) is 25.1 Å². The first-order valence-electron chi connectivity index (χ1n) is 8.00. The summed E-state index contributed by atoms with van der Waals surface area (Å²) in [5.74, 6) is 0.441. The molecule has 120 valence electrons. The van der Waals surface area contributed by atoms with Crippen LogP contribution in [0.15, 0.2) is 41.5 Å². The molecule has 1 aliphatic rings. The zero-order valence-electron chi connectivity index (χ0n) is 13.3. The number of aryl methyl sites for hydroxylation is 1. The summed E-state index contributed by atoms with van der Waals surface area (Å²) in [6.45, 7) is 2.88. The molecule has 0 aliphatic heterocycles. The number of nitrogens with zero attached hydrogens (tertiary/aromatic N) is 2. The molecule has 0 unspecified atom stereocenters. The Morgan fingerprint density at radius 3 is 2.70 bits per heavy atom. The molecule has 23 heavy (non-hydrogen) atoms. The van der Waals surface area contributed by atoms with E-state index in [1.165, 1.54) is 10.1 Å². The van der Waals surface area contributed by atoms with Crippen LogP contribution in [0.25, 0.3) is 0 Å². The van der Waals surface area contributed by atoms with E-state index in [0.29, 0.717) is 25.4 Å². The summed E-state index contributed by atoms with van der Waals surface area (Å²) in [5.41, 5.74) is 3.01. The minimum absolute atomic E-state index is 0.0375. The summed E-state index contributed by atoms with van der Waals surface area (Å²) >= 11 is 0. The molecule has 3 rings (SSSR count). The number of hydrogen-bond acceptors (Lipinski definition) is 3. The van der Waals surface area contributed by atoms with Crippen molar-refractivity contribution in [2.75, 3.05) is 6.54 Å². The molecule has 0 atom stereocenters. The fourth-order valence-corrected chi connectivity index (χ4v) is 2.48. The Bertz CT molecular complexity index is 746. The van der Waals surface area contributed by atoms with Crippen LogP contribution in [-0.4, -0.2) is 22.0 Å². The monoisotopic (exact) mass is 311 g/mol. The van der Waals surface area contributed by atoms with Crippen molar-refractivity contribution >= 4 is 5.91 Å². The molecule has 1 heterocycles. The first kappa shape index (κ1) is 15.5. The van der Waals surface area contributed by atoms with E-state index >= 15 is 0 Å². The third-order valence-corrected chi connectivity index (χ3v) is 4.06. The highest BCUT2D eigenvalue weighted by Crippen LogP contribution is 2.38. The summed E-state index contributed by atoms with van der Waals surface area (Å²) in [6, 6.07) is 9.52. The summed E-state index contributed by atoms with van der Waals surface area (Å²) in [7, 11) is 0. The highest BCUT2D eigenvalue weighted by atomic mass is 16.1. The van der Waals surface area contributed by atoms with E-state index in [1.54, 1.807) is 12.4 Å². The van der Waals surface area contributed by atoms with Gasteiger partial charge >= 0.3 is 0 Å². The van der Waals surface area contributed by atoms with Crippen molar-refractivity contribution in [1.82, 2.24) is 14.9 Å². The highest BCUT2D eigenvalue weighted by Gasteiger charge is 2.25. The van der Waals surface area contributed by atoms with Crippen LogP contribution in [0.4, 0.5) is 0 Å². The molecule has 2 aromatic rings. The van der Waals surface area contributed by atoms with Gasteiger partial charge in [0.15, 0.2) is 0 Å². The van der Waals surface area contributed by atoms with Gasteiger partial charge in [0.05, 0.1) is 18.4 Å². The standard InChI is InChI=1S/C18H21N3O2/c1-13-2-4-14(5-3-13)10-17(22)19-8-9-21-12-20-16(11-18(21)23)15-6-7-15/h2-5,11-12,15H,6-10H2,1H3,(H,19,22). The first-order valence-corrected chi connectivity index (χ1v) is 8.00. The first-order chi connectivity index (χ1) is 11.1. The van der Waals surface area contributed by atoms with Crippen LogP contribution < -0.4 is 10.9 Å². The average Bonchev–Trinajstić information content (AvgIpc) is 3.36. The lowest BCUT2D eigenvalue weighted by molar-refractivity contribution is -0.120. The zero-order chi connectivity index (χ0) is 16.2. The second-order valence-electron chi connectivity index (χ2n) is 6.13. The molecule has 0 spiro atoms. The predicted molar refractivity (Wildman–Crippen MR) is 88.4 cm³/mol. The number of rotatable bonds is 6. The van der Waals surface area contributed by atoms with Gasteiger partial charge in [-0.25, -0.2) is 4.98 Å². The average molecular weight is 311 g/mol. The van der Waals surface area contributed by atoms with Gasteiger partial charge < -0.3 is 5.32 Å².